The summed E-state index contributed by atoms with van der Waals surface area (Å²) in [5, 5.41) is 7.41. The Balaban J connectivity index is 2.05. The number of aromatic nitrogens is 4. The van der Waals surface area contributed by atoms with Crippen molar-refractivity contribution in [2.45, 2.75) is 13.5 Å². The van der Waals surface area contributed by atoms with Crippen molar-refractivity contribution in [3.63, 3.8) is 0 Å². The molecule has 6 heteroatoms. The zero-order valence-electron chi connectivity index (χ0n) is 9.31. The van der Waals surface area contributed by atoms with Crippen molar-refractivity contribution in [2.75, 3.05) is 11.1 Å². The number of nitrogens with zero attached hydrogens (tertiary/aromatic N) is 4. The molecule has 0 radical (unpaired) electrons. The lowest BCUT2D eigenvalue weighted by Crippen LogP contribution is -2.03. The van der Waals surface area contributed by atoms with Gasteiger partial charge in [-0.15, -0.1) is 0 Å². The van der Waals surface area contributed by atoms with Gasteiger partial charge >= 0.3 is 0 Å². The molecule has 0 spiro atoms. The first kappa shape index (κ1) is 10.4. The van der Waals surface area contributed by atoms with Crippen molar-refractivity contribution in [1.29, 1.82) is 0 Å². The molecule has 16 heavy (non-hydrogen) atoms. The van der Waals surface area contributed by atoms with Gasteiger partial charge in [0.05, 0.1) is 18.1 Å². The molecular weight excluding hydrogens is 204 g/mol. The Morgan fingerprint density at radius 1 is 1.44 bits per heavy atom. The molecule has 0 amide bonds. The fraction of sp³-hybridized carbons (Fsp3) is 0.300. The summed E-state index contributed by atoms with van der Waals surface area (Å²) in [6.45, 7) is 2.64. The Kier molecular flexibility index (Phi) is 2.72. The van der Waals surface area contributed by atoms with Crippen LogP contribution in [0.5, 0.6) is 0 Å². The molecule has 0 bridgehead atoms. The van der Waals surface area contributed by atoms with Gasteiger partial charge in [0.2, 0.25) is 0 Å². The summed E-state index contributed by atoms with van der Waals surface area (Å²) in [6.07, 6.45) is 5.13. The van der Waals surface area contributed by atoms with Crippen LogP contribution in [0.3, 0.4) is 0 Å². The lowest BCUT2D eigenvalue weighted by atomic mass is 10.2. The third-order valence-electron chi connectivity index (χ3n) is 2.23. The summed E-state index contributed by atoms with van der Waals surface area (Å²) in [5.41, 5.74) is 7.67. The highest BCUT2D eigenvalue weighted by Gasteiger charge is 2.03. The second-order valence-corrected chi connectivity index (χ2v) is 3.60. The van der Waals surface area contributed by atoms with E-state index in [0.29, 0.717) is 18.2 Å². The lowest BCUT2D eigenvalue weighted by molar-refractivity contribution is 0.756. The molecule has 0 aromatic carbocycles. The first-order valence-corrected chi connectivity index (χ1v) is 4.95. The smallest absolute Gasteiger partial charge is 0.147 e. The molecule has 2 heterocycles. The van der Waals surface area contributed by atoms with Crippen LogP contribution in [0.15, 0.2) is 18.6 Å². The Morgan fingerprint density at radius 3 is 2.88 bits per heavy atom. The number of hydrogen-bond acceptors (Lipinski definition) is 5. The highest BCUT2D eigenvalue weighted by atomic mass is 15.3. The molecule has 0 aliphatic rings. The summed E-state index contributed by atoms with van der Waals surface area (Å²) in [5.74, 6) is 1.08. The van der Waals surface area contributed by atoms with E-state index in [1.54, 1.807) is 10.9 Å². The van der Waals surface area contributed by atoms with Gasteiger partial charge in [0, 0.05) is 25.4 Å². The van der Waals surface area contributed by atoms with Crippen molar-refractivity contribution in [1.82, 2.24) is 19.7 Å². The predicted octanol–water partition coefficient (Wildman–Crippen LogP) is 0.713. The molecule has 0 saturated carbocycles. The number of nitrogen functional groups attached to an aromatic ring is 1. The van der Waals surface area contributed by atoms with Crippen LogP contribution in [-0.4, -0.2) is 19.7 Å². The molecule has 2 rings (SSSR count). The molecule has 0 aliphatic heterocycles. The zero-order chi connectivity index (χ0) is 11.5. The average molecular weight is 218 g/mol. The minimum Gasteiger partial charge on any atom is -0.382 e. The van der Waals surface area contributed by atoms with E-state index >= 15 is 0 Å². The fourth-order valence-corrected chi connectivity index (χ4v) is 1.47. The van der Waals surface area contributed by atoms with E-state index in [1.807, 2.05) is 20.2 Å². The van der Waals surface area contributed by atoms with Gasteiger partial charge in [-0.05, 0) is 6.92 Å². The maximum Gasteiger partial charge on any atom is 0.147 e. The van der Waals surface area contributed by atoms with Crippen LogP contribution in [0.4, 0.5) is 11.6 Å². The Labute approximate surface area is 93.5 Å². The van der Waals surface area contributed by atoms with E-state index in [2.05, 4.69) is 20.4 Å². The molecule has 0 aliphatic carbocycles. The largest absolute Gasteiger partial charge is 0.382 e. The van der Waals surface area contributed by atoms with Crippen LogP contribution >= 0.6 is 0 Å². The van der Waals surface area contributed by atoms with Crippen LogP contribution in [0.2, 0.25) is 0 Å². The van der Waals surface area contributed by atoms with E-state index in [0.717, 1.165) is 11.3 Å². The molecular formula is C10H14N6. The number of aryl methyl sites for hydroxylation is 2. The van der Waals surface area contributed by atoms with Gasteiger partial charge in [0.25, 0.3) is 0 Å². The summed E-state index contributed by atoms with van der Waals surface area (Å²) >= 11 is 0. The molecule has 2 aromatic heterocycles. The van der Waals surface area contributed by atoms with Crippen LogP contribution in [0.25, 0.3) is 0 Å². The maximum absolute atomic E-state index is 5.53. The quantitative estimate of drug-likeness (QED) is 0.793. The summed E-state index contributed by atoms with van der Waals surface area (Å²) in [7, 11) is 1.90. The minimum atomic E-state index is 0.410. The molecule has 0 fully saturated rings. The van der Waals surface area contributed by atoms with Crippen molar-refractivity contribution in [2.24, 2.45) is 7.05 Å². The molecule has 0 saturated heterocycles. The third kappa shape index (κ3) is 2.28. The van der Waals surface area contributed by atoms with Gasteiger partial charge in [-0.1, -0.05) is 0 Å². The number of anilines is 2. The van der Waals surface area contributed by atoms with Gasteiger partial charge in [-0.3, -0.25) is 9.67 Å². The number of nitrogens with two attached hydrogens (primary N) is 1. The molecule has 0 unspecified atom stereocenters. The Morgan fingerprint density at radius 2 is 2.25 bits per heavy atom. The highest BCUT2D eigenvalue weighted by molar-refractivity contribution is 5.39. The normalized spacial score (nSPS) is 10.4. The predicted molar refractivity (Wildman–Crippen MR) is 61.7 cm³/mol. The second kappa shape index (κ2) is 4.18. The average Bonchev–Trinajstić information content (AvgIpc) is 2.54. The van der Waals surface area contributed by atoms with E-state index in [4.69, 9.17) is 5.73 Å². The highest BCUT2D eigenvalue weighted by Crippen LogP contribution is 2.08. The van der Waals surface area contributed by atoms with Crippen LogP contribution in [-0.2, 0) is 13.6 Å². The number of hydrogen-bond donors (Lipinski definition) is 2. The second-order valence-electron chi connectivity index (χ2n) is 3.60. The summed E-state index contributed by atoms with van der Waals surface area (Å²) in [4.78, 5) is 8.05. The number of nitrogens with one attached hydrogen (secondary N) is 1. The fourth-order valence-electron chi connectivity index (χ4n) is 1.47. The van der Waals surface area contributed by atoms with Crippen molar-refractivity contribution in [3.05, 3.63) is 29.8 Å². The topological polar surface area (TPSA) is 81.7 Å². The standard InChI is InChI=1S/C10H14N6/c1-7-8(6-16(2)15-7)3-13-10-5-12-4-9(11)14-10/h4-6H,3H2,1-2H3,(H3,11,13,14). The van der Waals surface area contributed by atoms with Gasteiger partial charge < -0.3 is 11.1 Å². The van der Waals surface area contributed by atoms with E-state index in [9.17, 15) is 0 Å². The zero-order valence-corrected chi connectivity index (χ0v) is 9.31. The Hall–Kier alpha value is -2.11. The van der Waals surface area contributed by atoms with Gasteiger partial charge in [-0.2, -0.15) is 5.10 Å². The molecule has 0 atom stereocenters. The molecule has 2 aromatic rings. The van der Waals surface area contributed by atoms with Crippen LogP contribution in [0, 0.1) is 6.92 Å². The monoisotopic (exact) mass is 218 g/mol. The van der Waals surface area contributed by atoms with Gasteiger partial charge in [0.15, 0.2) is 0 Å². The van der Waals surface area contributed by atoms with Crippen LogP contribution in [0.1, 0.15) is 11.3 Å². The maximum atomic E-state index is 5.53. The third-order valence-corrected chi connectivity index (χ3v) is 2.23. The summed E-state index contributed by atoms with van der Waals surface area (Å²) < 4.78 is 1.79. The van der Waals surface area contributed by atoms with Crippen LogP contribution < -0.4 is 11.1 Å². The summed E-state index contributed by atoms with van der Waals surface area (Å²) in [6, 6.07) is 0. The van der Waals surface area contributed by atoms with Crippen molar-refractivity contribution < 1.29 is 0 Å². The van der Waals surface area contributed by atoms with E-state index in [-0.39, 0.29) is 0 Å². The van der Waals surface area contributed by atoms with E-state index < -0.39 is 0 Å². The Bertz CT molecular complexity index is 490. The first-order valence-electron chi connectivity index (χ1n) is 4.95. The van der Waals surface area contributed by atoms with Gasteiger partial charge in [0.1, 0.15) is 11.6 Å². The number of rotatable bonds is 3. The van der Waals surface area contributed by atoms with Crippen molar-refractivity contribution >= 4 is 11.6 Å². The first-order chi connectivity index (χ1) is 7.65. The molecule has 3 N–H and O–H groups in total. The lowest BCUT2D eigenvalue weighted by Gasteiger charge is -2.04. The van der Waals surface area contributed by atoms with Crippen molar-refractivity contribution in [3.8, 4) is 0 Å². The minimum absolute atomic E-state index is 0.410. The van der Waals surface area contributed by atoms with E-state index in [1.165, 1.54) is 6.20 Å². The van der Waals surface area contributed by atoms with Gasteiger partial charge in [-0.25, -0.2) is 4.98 Å². The SMILES string of the molecule is Cc1nn(C)cc1CNc1cncc(N)n1. The molecule has 6 nitrogen and oxygen atoms in total. The molecule has 84 valence electrons.